The summed E-state index contributed by atoms with van der Waals surface area (Å²) in [6.45, 7) is 5.64. The van der Waals surface area contributed by atoms with Crippen LogP contribution in [-0.4, -0.2) is 37.5 Å². The molecule has 0 atom stereocenters. The van der Waals surface area contributed by atoms with Crippen molar-refractivity contribution < 1.29 is 4.79 Å². The molecule has 0 saturated heterocycles. The van der Waals surface area contributed by atoms with Gasteiger partial charge in [0.15, 0.2) is 5.96 Å². The van der Waals surface area contributed by atoms with E-state index in [-0.39, 0.29) is 5.91 Å². The highest BCUT2D eigenvalue weighted by molar-refractivity contribution is 5.80. The van der Waals surface area contributed by atoms with E-state index in [1.807, 2.05) is 0 Å². The minimum atomic E-state index is -0.00560. The van der Waals surface area contributed by atoms with Gasteiger partial charge >= 0.3 is 0 Å². The molecule has 0 aliphatic heterocycles. The van der Waals surface area contributed by atoms with E-state index in [4.69, 9.17) is 0 Å². The van der Waals surface area contributed by atoms with Crippen LogP contribution in [0.15, 0.2) is 4.99 Å². The smallest absolute Gasteiger partial charge is 0.216 e. The van der Waals surface area contributed by atoms with Gasteiger partial charge in [-0.2, -0.15) is 0 Å². The lowest BCUT2D eigenvalue weighted by Crippen LogP contribution is -2.42. The van der Waals surface area contributed by atoms with Gasteiger partial charge in [-0.15, -0.1) is 0 Å². The Hall–Kier alpha value is -1.26. The Morgan fingerprint density at radius 2 is 2.00 bits per heavy atom. The maximum Gasteiger partial charge on any atom is 0.216 e. The lowest BCUT2D eigenvalue weighted by atomic mass is 10.2. The second kappa shape index (κ2) is 7.92. The zero-order valence-corrected chi connectivity index (χ0v) is 10.9. The summed E-state index contributed by atoms with van der Waals surface area (Å²) in [7, 11) is 0. The van der Waals surface area contributed by atoms with Gasteiger partial charge in [-0.3, -0.25) is 9.79 Å². The van der Waals surface area contributed by atoms with Gasteiger partial charge in [0.1, 0.15) is 0 Å². The normalized spacial score (nSPS) is 16.9. The first-order chi connectivity index (χ1) is 8.22. The summed E-state index contributed by atoms with van der Waals surface area (Å²) in [6.07, 6.45) is 5.08. The second-order valence-electron chi connectivity index (χ2n) is 4.37. The molecule has 1 amide bonds. The van der Waals surface area contributed by atoms with Crippen LogP contribution in [0, 0.1) is 0 Å². The average molecular weight is 240 g/mol. The Morgan fingerprint density at radius 1 is 1.29 bits per heavy atom. The minimum absolute atomic E-state index is 0.00560. The molecule has 0 bridgehead atoms. The Morgan fingerprint density at radius 3 is 2.59 bits per heavy atom. The summed E-state index contributed by atoms with van der Waals surface area (Å²) < 4.78 is 0. The quantitative estimate of drug-likeness (QED) is 0.375. The molecular weight excluding hydrogens is 216 g/mol. The van der Waals surface area contributed by atoms with Crippen LogP contribution in [0.4, 0.5) is 0 Å². The van der Waals surface area contributed by atoms with Crippen molar-refractivity contribution in [3.8, 4) is 0 Å². The number of rotatable bonds is 5. The SMILES string of the molecule is CCNC(=NCCNC(C)=O)NC1CCCC1. The van der Waals surface area contributed by atoms with Crippen molar-refractivity contribution >= 4 is 11.9 Å². The second-order valence-corrected chi connectivity index (χ2v) is 4.37. The molecule has 1 aliphatic carbocycles. The minimum Gasteiger partial charge on any atom is -0.357 e. The fraction of sp³-hybridized carbons (Fsp3) is 0.833. The molecule has 1 rings (SSSR count). The number of guanidine groups is 1. The number of carbonyl (C=O) groups excluding carboxylic acids is 1. The summed E-state index contributed by atoms with van der Waals surface area (Å²) in [5.74, 6) is 0.860. The monoisotopic (exact) mass is 240 g/mol. The Bertz CT molecular complexity index is 259. The van der Waals surface area contributed by atoms with E-state index in [0.29, 0.717) is 19.1 Å². The third-order valence-electron chi connectivity index (χ3n) is 2.80. The zero-order chi connectivity index (χ0) is 12.5. The fourth-order valence-electron chi connectivity index (χ4n) is 1.98. The molecule has 0 heterocycles. The van der Waals surface area contributed by atoms with Crippen LogP contribution < -0.4 is 16.0 Å². The van der Waals surface area contributed by atoms with Gasteiger partial charge in [-0.25, -0.2) is 0 Å². The van der Waals surface area contributed by atoms with Crippen LogP contribution in [-0.2, 0) is 4.79 Å². The third kappa shape index (κ3) is 6.14. The number of hydrogen-bond donors (Lipinski definition) is 3. The Balaban J connectivity index is 2.29. The lowest BCUT2D eigenvalue weighted by Gasteiger charge is -2.16. The number of nitrogens with one attached hydrogen (secondary N) is 3. The van der Waals surface area contributed by atoms with Crippen LogP contribution >= 0.6 is 0 Å². The van der Waals surface area contributed by atoms with E-state index in [1.165, 1.54) is 32.6 Å². The van der Waals surface area contributed by atoms with Crippen molar-refractivity contribution in [3.05, 3.63) is 0 Å². The maximum atomic E-state index is 10.7. The first-order valence-electron chi connectivity index (χ1n) is 6.51. The Labute approximate surface area is 103 Å². The fourth-order valence-corrected chi connectivity index (χ4v) is 1.98. The van der Waals surface area contributed by atoms with E-state index < -0.39 is 0 Å². The summed E-state index contributed by atoms with van der Waals surface area (Å²) in [5, 5.41) is 9.39. The molecule has 0 aromatic carbocycles. The maximum absolute atomic E-state index is 10.7. The molecule has 98 valence electrons. The molecule has 1 fully saturated rings. The van der Waals surface area contributed by atoms with Crippen LogP contribution in [0.5, 0.6) is 0 Å². The number of carbonyl (C=O) groups is 1. The largest absolute Gasteiger partial charge is 0.357 e. The molecule has 5 heteroatoms. The predicted octanol–water partition coefficient (Wildman–Crippen LogP) is 0.620. The number of nitrogens with zero attached hydrogens (tertiary/aromatic N) is 1. The van der Waals surface area contributed by atoms with Crippen LogP contribution in [0.2, 0.25) is 0 Å². The highest BCUT2D eigenvalue weighted by atomic mass is 16.1. The molecule has 0 aromatic heterocycles. The van der Waals surface area contributed by atoms with Gasteiger partial charge in [0, 0.05) is 26.1 Å². The van der Waals surface area contributed by atoms with E-state index in [2.05, 4.69) is 27.9 Å². The van der Waals surface area contributed by atoms with Gasteiger partial charge in [0.05, 0.1) is 6.54 Å². The van der Waals surface area contributed by atoms with E-state index in [0.717, 1.165) is 12.5 Å². The number of aliphatic imine (C=N–C) groups is 1. The van der Waals surface area contributed by atoms with Crippen LogP contribution in [0.3, 0.4) is 0 Å². The van der Waals surface area contributed by atoms with Crippen LogP contribution in [0.25, 0.3) is 0 Å². The van der Waals surface area contributed by atoms with Gasteiger partial charge in [-0.05, 0) is 19.8 Å². The Kier molecular flexibility index (Phi) is 6.43. The lowest BCUT2D eigenvalue weighted by molar-refractivity contribution is -0.118. The zero-order valence-electron chi connectivity index (χ0n) is 10.9. The van der Waals surface area contributed by atoms with Crippen LogP contribution in [0.1, 0.15) is 39.5 Å². The molecule has 3 N–H and O–H groups in total. The first kappa shape index (κ1) is 13.8. The number of amides is 1. The first-order valence-corrected chi connectivity index (χ1v) is 6.51. The van der Waals surface area contributed by atoms with Gasteiger partial charge in [0.25, 0.3) is 0 Å². The predicted molar refractivity (Wildman–Crippen MR) is 70.1 cm³/mol. The average Bonchev–Trinajstić information content (AvgIpc) is 2.77. The van der Waals surface area contributed by atoms with Crippen molar-refractivity contribution in [2.45, 2.75) is 45.6 Å². The van der Waals surface area contributed by atoms with Crippen molar-refractivity contribution in [1.82, 2.24) is 16.0 Å². The third-order valence-corrected chi connectivity index (χ3v) is 2.80. The molecule has 0 spiro atoms. The van der Waals surface area contributed by atoms with Crippen molar-refractivity contribution in [3.63, 3.8) is 0 Å². The molecule has 0 unspecified atom stereocenters. The molecule has 0 aromatic rings. The van der Waals surface area contributed by atoms with Gasteiger partial charge in [0.2, 0.25) is 5.91 Å². The number of hydrogen-bond acceptors (Lipinski definition) is 2. The highest BCUT2D eigenvalue weighted by Gasteiger charge is 2.15. The highest BCUT2D eigenvalue weighted by Crippen LogP contribution is 2.17. The molecule has 0 radical (unpaired) electrons. The standard InChI is InChI=1S/C12H24N4O/c1-3-13-12(15-9-8-14-10(2)17)16-11-6-4-5-7-11/h11H,3-9H2,1-2H3,(H,14,17)(H2,13,15,16). The van der Waals surface area contributed by atoms with Crippen molar-refractivity contribution in [2.75, 3.05) is 19.6 Å². The van der Waals surface area contributed by atoms with E-state index in [9.17, 15) is 4.79 Å². The summed E-state index contributed by atoms with van der Waals surface area (Å²) in [5.41, 5.74) is 0. The molecule has 1 saturated carbocycles. The van der Waals surface area contributed by atoms with Crippen molar-refractivity contribution in [2.24, 2.45) is 4.99 Å². The topological polar surface area (TPSA) is 65.5 Å². The van der Waals surface area contributed by atoms with E-state index >= 15 is 0 Å². The molecule has 1 aliphatic rings. The van der Waals surface area contributed by atoms with E-state index in [1.54, 1.807) is 0 Å². The summed E-state index contributed by atoms with van der Waals surface area (Å²) in [4.78, 5) is 15.1. The van der Waals surface area contributed by atoms with Gasteiger partial charge in [-0.1, -0.05) is 12.8 Å². The summed E-state index contributed by atoms with van der Waals surface area (Å²) in [6, 6.07) is 0.563. The molecule has 17 heavy (non-hydrogen) atoms. The summed E-state index contributed by atoms with van der Waals surface area (Å²) >= 11 is 0. The molecule has 5 nitrogen and oxygen atoms in total. The molecular formula is C12H24N4O. The van der Waals surface area contributed by atoms with Gasteiger partial charge < -0.3 is 16.0 Å². The van der Waals surface area contributed by atoms with Crippen molar-refractivity contribution in [1.29, 1.82) is 0 Å².